The molecule has 0 aromatic carbocycles. The van der Waals surface area contributed by atoms with Crippen LogP contribution in [0.4, 0.5) is 19.0 Å². The van der Waals surface area contributed by atoms with Crippen LogP contribution < -0.4 is 4.90 Å². The average Bonchev–Trinajstić information content (AvgIpc) is 2.52. The molecular weight excluding hydrogens is 317 g/mol. The van der Waals surface area contributed by atoms with Crippen molar-refractivity contribution < 1.29 is 13.2 Å². The van der Waals surface area contributed by atoms with Gasteiger partial charge in [0, 0.05) is 24.4 Å². The monoisotopic (exact) mass is 332 g/mol. The Labute approximate surface area is 137 Å². The summed E-state index contributed by atoms with van der Waals surface area (Å²) >= 11 is 0. The molecule has 0 aliphatic carbocycles. The van der Waals surface area contributed by atoms with E-state index in [1.807, 2.05) is 26.0 Å². The highest BCUT2D eigenvalue weighted by molar-refractivity contribution is 5.59. The van der Waals surface area contributed by atoms with E-state index in [9.17, 15) is 18.4 Å². The Kier molecular flexibility index (Phi) is 3.71. The predicted molar refractivity (Wildman–Crippen MR) is 82.1 cm³/mol. The first-order valence-corrected chi connectivity index (χ1v) is 7.39. The number of pyridine rings is 2. The largest absolute Gasteiger partial charge is 0.433 e. The van der Waals surface area contributed by atoms with Gasteiger partial charge in [-0.1, -0.05) is 19.9 Å². The van der Waals surface area contributed by atoms with Crippen molar-refractivity contribution in [3.63, 3.8) is 0 Å². The lowest BCUT2D eigenvalue weighted by atomic mass is 9.72. The fraction of sp³-hybridized carbons (Fsp3) is 0.353. The van der Waals surface area contributed by atoms with Gasteiger partial charge in [0.15, 0.2) is 0 Å². The highest BCUT2D eigenvalue weighted by Gasteiger charge is 2.48. The zero-order chi connectivity index (χ0) is 17.5. The zero-order valence-corrected chi connectivity index (χ0v) is 13.2. The van der Waals surface area contributed by atoms with Crippen LogP contribution in [0.1, 0.15) is 36.7 Å². The number of alkyl halides is 3. The molecule has 1 aliphatic rings. The number of aromatic nitrogens is 2. The van der Waals surface area contributed by atoms with Crippen LogP contribution in [0.5, 0.6) is 0 Å². The third-order valence-corrected chi connectivity index (χ3v) is 4.19. The van der Waals surface area contributed by atoms with Gasteiger partial charge in [-0.25, -0.2) is 4.98 Å². The molecule has 2 aromatic rings. The van der Waals surface area contributed by atoms with Gasteiger partial charge in [0.05, 0.1) is 11.6 Å². The van der Waals surface area contributed by atoms with E-state index in [0.717, 1.165) is 11.6 Å². The minimum Gasteiger partial charge on any atom is -0.347 e. The second-order valence-electron chi connectivity index (χ2n) is 6.48. The molecule has 124 valence electrons. The summed E-state index contributed by atoms with van der Waals surface area (Å²) in [7, 11) is 0. The van der Waals surface area contributed by atoms with Gasteiger partial charge in [0.2, 0.25) is 0 Å². The van der Waals surface area contributed by atoms with E-state index in [2.05, 4.69) is 9.97 Å². The smallest absolute Gasteiger partial charge is 0.347 e. The zero-order valence-electron chi connectivity index (χ0n) is 13.2. The van der Waals surface area contributed by atoms with E-state index in [1.165, 1.54) is 6.07 Å². The Morgan fingerprint density at radius 3 is 2.58 bits per heavy atom. The minimum absolute atomic E-state index is 0.0699. The summed E-state index contributed by atoms with van der Waals surface area (Å²) in [5.74, 6) is 0.0699. The van der Waals surface area contributed by atoms with E-state index >= 15 is 0 Å². The molecular formula is C17H15F3N4. The van der Waals surface area contributed by atoms with E-state index in [1.54, 1.807) is 23.4 Å². The SMILES string of the molecule is CC1(C)CN(c2nc(C(F)(F)F)ccc2C#N)[C@@H]1c1cccnc1. The Bertz CT molecular complexity index is 794. The van der Waals surface area contributed by atoms with Gasteiger partial charge < -0.3 is 4.90 Å². The molecule has 0 saturated carbocycles. The number of anilines is 1. The maximum Gasteiger partial charge on any atom is 0.433 e. The molecule has 4 nitrogen and oxygen atoms in total. The summed E-state index contributed by atoms with van der Waals surface area (Å²) in [6, 6.07) is 7.43. The summed E-state index contributed by atoms with van der Waals surface area (Å²) in [5.41, 5.74) is -0.138. The number of rotatable bonds is 2. The fourth-order valence-electron chi connectivity index (χ4n) is 3.20. The topological polar surface area (TPSA) is 52.8 Å². The van der Waals surface area contributed by atoms with Crippen LogP contribution in [-0.2, 0) is 6.18 Å². The molecule has 1 fully saturated rings. The maximum absolute atomic E-state index is 13.0. The summed E-state index contributed by atoms with van der Waals surface area (Å²) in [6.45, 7) is 4.57. The molecule has 3 rings (SSSR count). The Balaban J connectivity index is 2.07. The van der Waals surface area contributed by atoms with Crippen molar-refractivity contribution in [2.24, 2.45) is 5.41 Å². The van der Waals surface area contributed by atoms with E-state index < -0.39 is 11.9 Å². The first kappa shape index (κ1) is 16.2. The third-order valence-electron chi connectivity index (χ3n) is 4.19. The maximum atomic E-state index is 13.0. The van der Waals surface area contributed by atoms with Crippen molar-refractivity contribution in [2.45, 2.75) is 26.1 Å². The first-order chi connectivity index (χ1) is 11.2. The van der Waals surface area contributed by atoms with Crippen molar-refractivity contribution in [1.29, 1.82) is 5.26 Å². The molecule has 1 saturated heterocycles. The van der Waals surface area contributed by atoms with Gasteiger partial charge >= 0.3 is 6.18 Å². The Hall–Kier alpha value is -2.62. The predicted octanol–water partition coefficient (Wildman–Crippen LogP) is 3.95. The van der Waals surface area contributed by atoms with Crippen LogP contribution in [0.3, 0.4) is 0 Å². The number of hydrogen-bond acceptors (Lipinski definition) is 4. The number of halogens is 3. The molecule has 3 heterocycles. The molecule has 0 spiro atoms. The first-order valence-electron chi connectivity index (χ1n) is 7.39. The summed E-state index contributed by atoms with van der Waals surface area (Å²) in [4.78, 5) is 9.57. The van der Waals surface area contributed by atoms with Crippen LogP contribution in [-0.4, -0.2) is 16.5 Å². The minimum atomic E-state index is -4.55. The molecule has 24 heavy (non-hydrogen) atoms. The summed E-state index contributed by atoms with van der Waals surface area (Å²) in [6.07, 6.45) is -1.21. The van der Waals surface area contributed by atoms with E-state index in [-0.39, 0.29) is 22.8 Å². The number of hydrogen-bond donors (Lipinski definition) is 0. The fourth-order valence-corrected chi connectivity index (χ4v) is 3.20. The normalized spacial score (nSPS) is 19.5. The van der Waals surface area contributed by atoms with Crippen molar-refractivity contribution in [1.82, 2.24) is 9.97 Å². The highest BCUT2D eigenvalue weighted by Crippen LogP contribution is 2.50. The number of nitriles is 1. The molecule has 1 atom stereocenters. The van der Waals surface area contributed by atoms with Crippen molar-refractivity contribution in [3.8, 4) is 6.07 Å². The molecule has 0 bridgehead atoms. The van der Waals surface area contributed by atoms with Gasteiger partial charge in [-0.3, -0.25) is 4.98 Å². The molecule has 7 heteroatoms. The molecule has 0 N–H and O–H groups in total. The Morgan fingerprint density at radius 2 is 2.04 bits per heavy atom. The average molecular weight is 332 g/mol. The van der Waals surface area contributed by atoms with E-state index in [4.69, 9.17) is 0 Å². The number of nitrogens with zero attached hydrogens (tertiary/aromatic N) is 4. The lowest BCUT2D eigenvalue weighted by molar-refractivity contribution is -0.141. The van der Waals surface area contributed by atoms with Gasteiger partial charge in [-0.2, -0.15) is 18.4 Å². The van der Waals surface area contributed by atoms with Gasteiger partial charge in [0.1, 0.15) is 17.6 Å². The standard InChI is InChI=1S/C17H15F3N4/c1-16(2)10-24(14(16)12-4-3-7-22-9-12)15-11(8-21)5-6-13(23-15)17(18,19)20/h3-7,9,14H,10H2,1-2H3/t14-/m1/s1. The third kappa shape index (κ3) is 2.68. The molecule has 0 unspecified atom stereocenters. The summed E-state index contributed by atoms with van der Waals surface area (Å²) < 4.78 is 39.0. The van der Waals surface area contributed by atoms with Crippen molar-refractivity contribution in [2.75, 3.05) is 11.4 Å². The van der Waals surface area contributed by atoms with Crippen LogP contribution in [0.25, 0.3) is 0 Å². The van der Waals surface area contributed by atoms with Crippen LogP contribution in [0, 0.1) is 16.7 Å². The Morgan fingerprint density at radius 1 is 1.29 bits per heavy atom. The van der Waals surface area contributed by atoms with Crippen LogP contribution >= 0.6 is 0 Å². The second-order valence-corrected chi connectivity index (χ2v) is 6.48. The van der Waals surface area contributed by atoms with Crippen LogP contribution in [0.15, 0.2) is 36.7 Å². The van der Waals surface area contributed by atoms with Crippen molar-refractivity contribution in [3.05, 3.63) is 53.5 Å². The lowest BCUT2D eigenvalue weighted by Gasteiger charge is -2.55. The molecule has 1 aliphatic heterocycles. The molecule has 2 aromatic heterocycles. The molecule has 0 radical (unpaired) electrons. The lowest BCUT2D eigenvalue weighted by Crippen LogP contribution is -2.56. The quantitative estimate of drug-likeness (QED) is 0.835. The van der Waals surface area contributed by atoms with E-state index in [0.29, 0.717) is 6.54 Å². The highest BCUT2D eigenvalue weighted by atomic mass is 19.4. The van der Waals surface area contributed by atoms with Gasteiger partial charge in [0.25, 0.3) is 0 Å². The van der Waals surface area contributed by atoms with Gasteiger partial charge in [-0.15, -0.1) is 0 Å². The summed E-state index contributed by atoms with van der Waals surface area (Å²) in [5, 5.41) is 9.26. The van der Waals surface area contributed by atoms with Crippen molar-refractivity contribution >= 4 is 5.82 Å². The van der Waals surface area contributed by atoms with Crippen LogP contribution in [0.2, 0.25) is 0 Å². The second kappa shape index (κ2) is 5.48. The van der Waals surface area contributed by atoms with Gasteiger partial charge in [-0.05, 0) is 23.8 Å². The molecule has 0 amide bonds.